The highest BCUT2D eigenvalue weighted by Gasteiger charge is 2.08. The van der Waals surface area contributed by atoms with Gasteiger partial charge in [-0.15, -0.1) is 5.10 Å². The van der Waals surface area contributed by atoms with Gasteiger partial charge >= 0.3 is 0 Å². The summed E-state index contributed by atoms with van der Waals surface area (Å²) in [5, 5.41) is 10.7. The molecule has 0 aliphatic heterocycles. The van der Waals surface area contributed by atoms with Crippen molar-refractivity contribution in [1.82, 2.24) is 15.0 Å². The fraction of sp³-hybridized carbons (Fsp3) is 0.118. The predicted molar refractivity (Wildman–Crippen MR) is 85.2 cm³/mol. The maximum absolute atomic E-state index is 12.8. The molecule has 0 aliphatic rings. The summed E-state index contributed by atoms with van der Waals surface area (Å²) in [4.78, 5) is 12.0. The number of nitrogens with one attached hydrogen (secondary N) is 1. The lowest BCUT2D eigenvalue weighted by Gasteiger charge is -2.04. The van der Waals surface area contributed by atoms with Gasteiger partial charge in [-0.2, -0.15) is 0 Å². The van der Waals surface area contributed by atoms with E-state index >= 15 is 0 Å². The Morgan fingerprint density at radius 1 is 1.13 bits per heavy atom. The summed E-state index contributed by atoms with van der Waals surface area (Å²) < 4.78 is 14.3. The molecular formula is C17H15FN4O. The maximum atomic E-state index is 12.8. The Hall–Kier alpha value is -3.02. The minimum absolute atomic E-state index is 0.0379. The highest BCUT2D eigenvalue weighted by atomic mass is 19.1. The van der Waals surface area contributed by atoms with Crippen molar-refractivity contribution in [2.24, 2.45) is 0 Å². The molecule has 1 heterocycles. The second-order valence-electron chi connectivity index (χ2n) is 5.22. The summed E-state index contributed by atoms with van der Waals surface area (Å²) in [6.07, 6.45) is 1.72. The molecule has 1 N–H and O–H groups in total. The first kappa shape index (κ1) is 14.9. The number of carbonyl (C=O) groups is 1. The quantitative estimate of drug-likeness (QED) is 0.806. The number of rotatable bonds is 4. The van der Waals surface area contributed by atoms with Crippen LogP contribution in [0.25, 0.3) is 11.3 Å². The van der Waals surface area contributed by atoms with Gasteiger partial charge in [0.15, 0.2) is 0 Å². The Balaban J connectivity index is 1.65. The molecule has 5 nitrogen and oxygen atoms in total. The largest absolute Gasteiger partial charge is 0.324 e. The van der Waals surface area contributed by atoms with Crippen LogP contribution in [0.15, 0.2) is 54.7 Å². The highest BCUT2D eigenvalue weighted by Crippen LogP contribution is 2.16. The third-order valence-corrected chi connectivity index (χ3v) is 3.32. The molecule has 6 heteroatoms. The minimum atomic E-state index is -0.345. The number of benzene rings is 2. The number of aromatic nitrogens is 3. The molecule has 116 valence electrons. The fourth-order valence-electron chi connectivity index (χ4n) is 2.11. The lowest BCUT2D eigenvalue weighted by molar-refractivity contribution is -0.116. The third kappa shape index (κ3) is 3.79. The molecule has 0 atom stereocenters. The van der Waals surface area contributed by atoms with E-state index in [9.17, 15) is 9.18 Å². The lowest BCUT2D eigenvalue weighted by Crippen LogP contribution is -2.19. The van der Waals surface area contributed by atoms with E-state index < -0.39 is 0 Å². The number of halogens is 1. The van der Waals surface area contributed by atoms with Gasteiger partial charge in [0.25, 0.3) is 0 Å². The van der Waals surface area contributed by atoms with E-state index in [0.717, 1.165) is 5.56 Å². The van der Waals surface area contributed by atoms with Crippen molar-refractivity contribution in [3.8, 4) is 11.3 Å². The van der Waals surface area contributed by atoms with Crippen LogP contribution < -0.4 is 5.32 Å². The fourth-order valence-corrected chi connectivity index (χ4v) is 2.11. The number of amides is 1. The zero-order valence-electron chi connectivity index (χ0n) is 12.5. The number of hydrogen-bond donors (Lipinski definition) is 1. The van der Waals surface area contributed by atoms with Gasteiger partial charge in [0.2, 0.25) is 5.91 Å². The number of aryl methyl sites for hydroxylation is 1. The van der Waals surface area contributed by atoms with E-state index in [-0.39, 0.29) is 18.3 Å². The predicted octanol–water partition coefficient (Wildman–Crippen LogP) is 3.03. The van der Waals surface area contributed by atoms with Gasteiger partial charge in [-0.05, 0) is 31.2 Å². The Morgan fingerprint density at radius 2 is 1.83 bits per heavy atom. The van der Waals surface area contributed by atoms with Crippen LogP contribution in [0.3, 0.4) is 0 Å². The molecule has 1 amide bonds. The number of hydrogen-bond acceptors (Lipinski definition) is 3. The molecule has 0 spiro atoms. The Labute approximate surface area is 132 Å². The summed E-state index contributed by atoms with van der Waals surface area (Å²) in [6.45, 7) is 2.05. The number of carbonyl (C=O) groups excluding carboxylic acids is 1. The van der Waals surface area contributed by atoms with E-state index in [1.54, 1.807) is 6.20 Å². The van der Waals surface area contributed by atoms with E-state index in [1.807, 2.05) is 31.2 Å². The zero-order chi connectivity index (χ0) is 16.2. The summed E-state index contributed by atoms with van der Waals surface area (Å²) in [5.41, 5.74) is 3.36. The van der Waals surface area contributed by atoms with Crippen molar-refractivity contribution in [1.29, 1.82) is 0 Å². The first-order chi connectivity index (χ1) is 11.1. The van der Waals surface area contributed by atoms with Gasteiger partial charge in [-0.1, -0.05) is 35.0 Å². The van der Waals surface area contributed by atoms with Gasteiger partial charge < -0.3 is 5.32 Å². The van der Waals surface area contributed by atoms with Crippen molar-refractivity contribution < 1.29 is 9.18 Å². The standard InChI is InChI=1S/C17H15FN4O/c1-12-2-4-13(5-3-12)16-10-22(21-20-16)11-17(23)19-15-8-6-14(18)7-9-15/h2-10H,11H2,1H3,(H,19,23). The van der Waals surface area contributed by atoms with Gasteiger partial charge in [0.1, 0.15) is 18.1 Å². The highest BCUT2D eigenvalue weighted by molar-refractivity contribution is 5.90. The molecule has 3 aromatic rings. The topological polar surface area (TPSA) is 59.8 Å². The molecule has 0 aliphatic carbocycles. The summed E-state index contributed by atoms with van der Waals surface area (Å²) in [7, 11) is 0. The summed E-state index contributed by atoms with van der Waals surface area (Å²) >= 11 is 0. The van der Waals surface area contributed by atoms with Crippen molar-refractivity contribution in [2.75, 3.05) is 5.32 Å². The van der Waals surface area contributed by atoms with Crippen LogP contribution in [0.1, 0.15) is 5.56 Å². The van der Waals surface area contributed by atoms with Crippen LogP contribution in [0, 0.1) is 12.7 Å². The SMILES string of the molecule is Cc1ccc(-c2cn(CC(=O)Nc3ccc(F)cc3)nn2)cc1. The summed E-state index contributed by atoms with van der Waals surface area (Å²) in [6, 6.07) is 13.5. The molecule has 0 fully saturated rings. The Bertz CT molecular complexity index is 809. The van der Waals surface area contributed by atoms with Crippen molar-refractivity contribution in [3.05, 3.63) is 66.1 Å². The van der Waals surface area contributed by atoms with Crippen LogP contribution in [-0.2, 0) is 11.3 Å². The molecule has 0 radical (unpaired) electrons. The van der Waals surface area contributed by atoms with Crippen LogP contribution in [0.5, 0.6) is 0 Å². The Kier molecular flexibility index (Phi) is 4.14. The molecule has 3 rings (SSSR count). The van der Waals surface area contributed by atoms with E-state index in [4.69, 9.17) is 0 Å². The first-order valence-electron chi connectivity index (χ1n) is 7.13. The van der Waals surface area contributed by atoms with Crippen molar-refractivity contribution >= 4 is 11.6 Å². The van der Waals surface area contributed by atoms with Gasteiger partial charge in [0, 0.05) is 11.3 Å². The average Bonchev–Trinajstić information content (AvgIpc) is 2.98. The number of anilines is 1. The van der Waals surface area contributed by atoms with Gasteiger partial charge in [-0.25, -0.2) is 9.07 Å². The lowest BCUT2D eigenvalue weighted by atomic mass is 10.1. The molecule has 0 saturated carbocycles. The third-order valence-electron chi connectivity index (χ3n) is 3.32. The molecule has 23 heavy (non-hydrogen) atoms. The molecular weight excluding hydrogens is 295 g/mol. The maximum Gasteiger partial charge on any atom is 0.246 e. The molecule has 0 saturated heterocycles. The molecule has 0 bridgehead atoms. The van der Waals surface area contributed by atoms with E-state index in [0.29, 0.717) is 11.4 Å². The second-order valence-corrected chi connectivity index (χ2v) is 5.22. The van der Waals surface area contributed by atoms with E-state index in [2.05, 4.69) is 15.6 Å². The molecule has 0 unspecified atom stereocenters. The minimum Gasteiger partial charge on any atom is -0.324 e. The van der Waals surface area contributed by atoms with Gasteiger partial charge in [-0.3, -0.25) is 4.79 Å². The number of nitrogens with zero attached hydrogens (tertiary/aromatic N) is 3. The van der Waals surface area contributed by atoms with Gasteiger partial charge in [0.05, 0.1) is 6.20 Å². The molecule has 1 aromatic heterocycles. The smallest absolute Gasteiger partial charge is 0.246 e. The van der Waals surface area contributed by atoms with Crippen molar-refractivity contribution in [3.63, 3.8) is 0 Å². The zero-order valence-corrected chi connectivity index (χ0v) is 12.5. The van der Waals surface area contributed by atoms with Crippen LogP contribution >= 0.6 is 0 Å². The summed E-state index contributed by atoms with van der Waals surface area (Å²) in [5.74, 6) is -0.598. The monoisotopic (exact) mass is 310 g/mol. The van der Waals surface area contributed by atoms with Crippen LogP contribution in [0.2, 0.25) is 0 Å². The Morgan fingerprint density at radius 3 is 2.52 bits per heavy atom. The van der Waals surface area contributed by atoms with Crippen LogP contribution in [-0.4, -0.2) is 20.9 Å². The van der Waals surface area contributed by atoms with E-state index in [1.165, 1.54) is 34.5 Å². The first-order valence-corrected chi connectivity index (χ1v) is 7.13. The normalized spacial score (nSPS) is 10.5. The average molecular weight is 310 g/mol. The van der Waals surface area contributed by atoms with Crippen LogP contribution in [0.4, 0.5) is 10.1 Å². The second kappa shape index (κ2) is 6.39. The molecule has 2 aromatic carbocycles. The van der Waals surface area contributed by atoms with Crippen molar-refractivity contribution in [2.45, 2.75) is 13.5 Å².